The predicted octanol–water partition coefficient (Wildman–Crippen LogP) is 4.37. The second-order valence-corrected chi connectivity index (χ2v) is 5.42. The maximum atomic E-state index is 12.8. The number of carbonyl (C=O) groups is 1. The summed E-state index contributed by atoms with van der Waals surface area (Å²) in [6, 6.07) is 3.91. The normalized spacial score (nSPS) is 11.9. The van der Waals surface area contributed by atoms with Gasteiger partial charge in [0.05, 0.1) is 23.9 Å². The number of thiocarbonyl (C=S) groups is 1. The van der Waals surface area contributed by atoms with Crippen molar-refractivity contribution in [3.63, 3.8) is 0 Å². The van der Waals surface area contributed by atoms with Gasteiger partial charge in [0.2, 0.25) is 0 Å². The fraction of sp³-hybridized carbons (Fsp3) is 0.200. The van der Waals surface area contributed by atoms with E-state index in [1.807, 2.05) is 5.32 Å². The number of rotatable bonds is 3. The fourth-order valence-electron chi connectivity index (χ4n) is 1.88. The molecule has 2 N–H and O–H groups in total. The van der Waals surface area contributed by atoms with Gasteiger partial charge in [-0.25, -0.2) is 0 Å². The lowest BCUT2D eigenvalue weighted by atomic mass is 10.1. The van der Waals surface area contributed by atoms with Crippen molar-refractivity contribution in [1.29, 1.82) is 0 Å². The minimum absolute atomic E-state index is 0.0235. The molecule has 0 atom stereocenters. The molecular formula is C15H10F6N2O2S. The van der Waals surface area contributed by atoms with Crippen LogP contribution in [0.25, 0.3) is 0 Å². The van der Waals surface area contributed by atoms with E-state index in [9.17, 15) is 31.1 Å². The van der Waals surface area contributed by atoms with Gasteiger partial charge in [0.25, 0.3) is 5.91 Å². The Bertz CT molecular complexity index is 767. The summed E-state index contributed by atoms with van der Waals surface area (Å²) in [4.78, 5) is 11.5. The molecule has 0 fully saturated rings. The number of carbonyl (C=O) groups excluding carboxylic acids is 1. The van der Waals surface area contributed by atoms with Crippen LogP contribution in [0.3, 0.4) is 0 Å². The van der Waals surface area contributed by atoms with E-state index in [4.69, 9.17) is 16.6 Å². The Morgan fingerprint density at radius 3 is 2.08 bits per heavy atom. The van der Waals surface area contributed by atoms with E-state index in [-0.39, 0.29) is 12.6 Å². The van der Waals surface area contributed by atoms with Crippen molar-refractivity contribution < 1.29 is 35.6 Å². The standard InChI is InChI=1S/C15H10F6N2O2S/c16-14(17,18)8-4-9(15(19,20)21)6-10(5-8)23-12(24)13(26)22-7-11-2-1-3-25-11/h1-6H,7H2,(H,22,26)(H,23,24). The maximum absolute atomic E-state index is 12.8. The first-order chi connectivity index (χ1) is 12.0. The molecule has 2 rings (SSSR count). The molecule has 0 spiro atoms. The second-order valence-electron chi connectivity index (χ2n) is 5.01. The Labute approximate surface area is 148 Å². The number of alkyl halides is 6. The Balaban J connectivity index is 2.16. The topological polar surface area (TPSA) is 54.3 Å². The van der Waals surface area contributed by atoms with Crippen LogP contribution in [0.2, 0.25) is 0 Å². The van der Waals surface area contributed by atoms with Crippen LogP contribution in [0.15, 0.2) is 41.0 Å². The van der Waals surface area contributed by atoms with Gasteiger partial charge in [-0.05, 0) is 30.3 Å². The highest BCUT2D eigenvalue weighted by Gasteiger charge is 2.37. The van der Waals surface area contributed by atoms with E-state index in [2.05, 4.69) is 5.32 Å². The summed E-state index contributed by atoms with van der Waals surface area (Å²) in [5, 5.41) is 4.40. The van der Waals surface area contributed by atoms with Gasteiger partial charge in [-0.2, -0.15) is 26.3 Å². The molecule has 0 radical (unpaired) electrons. The lowest BCUT2D eigenvalue weighted by Gasteiger charge is -2.15. The highest BCUT2D eigenvalue weighted by Crippen LogP contribution is 2.37. The first kappa shape index (κ1) is 19.8. The number of furan rings is 1. The van der Waals surface area contributed by atoms with Crippen LogP contribution in [0.1, 0.15) is 16.9 Å². The van der Waals surface area contributed by atoms with E-state index in [1.165, 1.54) is 6.26 Å². The number of anilines is 1. The van der Waals surface area contributed by atoms with E-state index < -0.39 is 40.1 Å². The van der Waals surface area contributed by atoms with Gasteiger partial charge in [0.1, 0.15) is 5.76 Å². The average molecular weight is 396 g/mol. The van der Waals surface area contributed by atoms with Crippen LogP contribution in [-0.4, -0.2) is 10.9 Å². The van der Waals surface area contributed by atoms with Gasteiger partial charge >= 0.3 is 12.4 Å². The first-order valence-corrected chi connectivity index (χ1v) is 7.28. The van der Waals surface area contributed by atoms with Crippen molar-refractivity contribution in [3.05, 3.63) is 53.5 Å². The molecule has 1 heterocycles. The van der Waals surface area contributed by atoms with Crippen molar-refractivity contribution in [2.75, 3.05) is 5.32 Å². The highest BCUT2D eigenvalue weighted by molar-refractivity contribution is 7.82. The number of halogens is 6. The summed E-state index contributed by atoms with van der Waals surface area (Å²) >= 11 is 4.75. The minimum atomic E-state index is -5.02. The van der Waals surface area contributed by atoms with Crippen molar-refractivity contribution in [2.24, 2.45) is 0 Å². The third-order valence-corrected chi connectivity index (χ3v) is 3.38. The third kappa shape index (κ3) is 5.22. The van der Waals surface area contributed by atoms with Crippen molar-refractivity contribution in [2.45, 2.75) is 18.9 Å². The molecule has 0 saturated heterocycles. The molecule has 1 amide bonds. The van der Waals surface area contributed by atoms with Crippen LogP contribution in [-0.2, 0) is 23.7 Å². The number of benzene rings is 1. The molecule has 0 unspecified atom stereocenters. The summed E-state index contributed by atoms with van der Waals surface area (Å²) in [6.45, 7) is 0.0235. The van der Waals surface area contributed by atoms with Crippen LogP contribution in [0, 0.1) is 0 Å². The Hall–Kier alpha value is -2.56. The zero-order chi connectivity index (χ0) is 19.5. The zero-order valence-corrected chi connectivity index (χ0v) is 13.5. The SMILES string of the molecule is O=C(Nc1cc(C(F)(F)F)cc(C(F)(F)F)c1)C(=S)NCc1ccco1. The largest absolute Gasteiger partial charge is 0.467 e. The molecule has 11 heteroatoms. The van der Waals surface area contributed by atoms with Gasteiger partial charge < -0.3 is 15.1 Å². The number of nitrogens with one attached hydrogen (secondary N) is 2. The van der Waals surface area contributed by atoms with Crippen LogP contribution in [0.4, 0.5) is 32.0 Å². The Kier molecular flexibility index (Phi) is 5.59. The van der Waals surface area contributed by atoms with Gasteiger partial charge in [0, 0.05) is 5.69 Å². The first-order valence-electron chi connectivity index (χ1n) is 6.88. The lowest BCUT2D eigenvalue weighted by molar-refractivity contribution is -0.143. The zero-order valence-electron chi connectivity index (χ0n) is 12.7. The van der Waals surface area contributed by atoms with Crippen molar-refractivity contribution in [3.8, 4) is 0 Å². The Morgan fingerprint density at radius 2 is 1.62 bits per heavy atom. The average Bonchev–Trinajstić information content (AvgIpc) is 3.04. The summed E-state index contributed by atoms with van der Waals surface area (Å²) in [5.41, 5.74) is -3.77. The molecule has 1 aromatic heterocycles. The maximum Gasteiger partial charge on any atom is 0.416 e. The minimum Gasteiger partial charge on any atom is -0.467 e. The molecule has 0 aliphatic heterocycles. The van der Waals surface area contributed by atoms with Crippen molar-refractivity contribution in [1.82, 2.24) is 5.32 Å². The van der Waals surface area contributed by atoms with Gasteiger partial charge in [-0.3, -0.25) is 4.79 Å². The van der Waals surface area contributed by atoms with Gasteiger partial charge in [-0.1, -0.05) is 12.2 Å². The molecule has 1 aromatic carbocycles. The van der Waals surface area contributed by atoms with Crippen LogP contribution in [0.5, 0.6) is 0 Å². The quantitative estimate of drug-likeness (QED) is 0.598. The molecule has 140 valence electrons. The molecule has 26 heavy (non-hydrogen) atoms. The summed E-state index contributed by atoms with van der Waals surface area (Å²) < 4.78 is 81.7. The highest BCUT2D eigenvalue weighted by atomic mass is 32.1. The number of hydrogen-bond donors (Lipinski definition) is 2. The lowest BCUT2D eigenvalue weighted by Crippen LogP contribution is -2.33. The van der Waals surface area contributed by atoms with E-state index in [0.717, 1.165) is 0 Å². The number of amides is 1. The Morgan fingerprint density at radius 1 is 1.04 bits per heavy atom. The molecule has 0 aliphatic rings. The molecular weight excluding hydrogens is 386 g/mol. The summed E-state index contributed by atoms with van der Waals surface area (Å²) in [6.07, 6.45) is -8.65. The molecule has 2 aromatic rings. The predicted molar refractivity (Wildman–Crippen MR) is 83.2 cm³/mol. The van der Waals surface area contributed by atoms with E-state index in [0.29, 0.717) is 17.9 Å². The smallest absolute Gasteiger partial charge is 0.416 e. The van der Waals surface area contributed by atoms with Crippen molar-refractivity contribution >= 4 is 28.8 Å². The molecule has 0 bridgehead atoms. The van der Waals surface area contributed by atoms with Crippen LogP contribution < -0.4 is 10.6 Å². The molecule has 0 aliphatic carbocycles. The molecule has 4 nitrogen and oxygen atoms in total. The third-order valence-electron chi connectivity index (χ3n) is 3.06. The monoisotopic (exact) mass is 396 g/mol. The number of hydrogen-bond acceptors (Lipinski definition) is 3. The van der Waals surface area contributed by atoms with Gasteiger partial charge in [0.15, 0.2) is 4.99 Å². The summed E-state index contributed by atoms with van der Waals surface area (Å²) in [5.74, 6) is -0.627. The second kappa shape index (κ2) is 7.36. The molecule has 0 saturated carbocycles. The summed E-state index contributed by atoms with van der Waals surface area (Å²) in [7, 11) is 0. The van der Waals surface area contributed by atoms with Crippen LogP contribution >= 0.6 is 12.2 Å². The van der Waals surface area contributed by atoms with E-state index >= 15 is 0 Å². The van der Waals surface area contributed by atoms with E-state index in [1.54, 1.807) is 12.1 Å². The van der Waals surface area contributed by atoms with Gasteiger partial charge in [-0.15, -0.1) is 0 Å². The fourth-order valence-corrected chi connectivity index (χ4v) is 2.00.